The van der Waals surface area contributed by atoms with Gasteiger partial charge in [-0.15, -0.1) is 0 Å². The number of nitrogens with one attached hydrogen (secondary N) is 4. The number of hydrogen-bond donors (Lipinski definition) is 4. The highest BCUT2D eigenvalue weighted by Gasteiger charge is 2.20. The molecule has 10 nitrogen and oxygen atoms in total. The number of piperazine rings is 1. The molecule has 2 aromatic carbocycles. The normalized spacial score (nSPS) is 17.5. The Balaban J connectivity index is 1.33. The van der Waals surface area contributed by atoms with E-state index in [0.717, 1.165) is 55.2 Å². The van der Waals surface area contributed by atoms with E-state index in [1.165, 1.54) is 5.39 Å². The van der Waals surface area contributed by atoms with Crippen LogP contribution in [0.15, 0.2) is 65.8 Å². The Morgan fingerprint density at radius 3 is 2.77 bits per heavy atom. The maximum atomic E-state index is 12.8. The molecule has 210 valence electrons. The zero-order valence-electron chi connectivity index (χ0n) is 23.6. The number of ether oxygens (including phenoxy) is 1. The molecule has 0 spiro atoms. The number of aliphatic imine (C=N–C) groups is 1. The third-order valence-electron chi connectivity index (χ3n) is 7.15. The van der Waals surface area contributed by atoms with E-state index in [4.69, 9.17) is 4.74 Å². The van der Waals surface area contributed by atoms with Crippen molar-refractivity contribution in [3.05, 3.63) is 66.4 Å². The molecular weight excluding hydrogens is 504 g/mol. The Kier molecular flexibility index (Phi) is 8.37. The van der Waals surface area contributed by atoms with Crippen molar-refractivity contribution in [2.24, 2.45) is 12.0 Å². The van der Waals surface area contributed by atoms with Gasteiger partial charge in [0.1, 0.15) is 5.75 Å². The second-order valence-corrected chi connectivity index (χ2v) is 10.1. The molecule has 1 saturated heterocycles. The summed E-state index contributed by atoms with van der Waals surface area (Å²) < 4.78 is 7.84. The number of aromatic nitrogens is 1. The van der Waals surface area contributed by atoms with E-state index in [1.54, 1.807) is 19.4 Å². The van der Waals surface area contributed by atoms with Crippen LogP contribution in [-0.2, 0) is 11.8 Å². The van der Waals surface area contributed by atoms with Gasteiger partial charge in [0.2, 0.25) is 5.91 Å². The summed E-state index contributed by atoms with van der Waals surface area (Å²) in [5, 5.41) is 14.5. The van der Waals surface area contributed by atoms with E-state index < -0.39 is 6.29 Å². The summed E-state index contributed by atoms with van der Waals surface area (Å²) in [5.74, 6) is 0.471. The number of amides is 1. The van der Waals surface area contributed by atoms with Gasteiger partial charge in [0.05, 0.1) is 24.2 Å². The molecule has 0 aliphatic carbocycles. The van der Waals surface area contributed by atoms with E-state index in [9.17, 15) is 4.79 Å². The molecule has 0 bridgehead atoms. The fraction of sp³-hybridized carbons (Fsp3) is 0.333. The number of anilines is 3. The maximum Gasteiger partial charge on any atom is 0.248 e. The molecule has 3 aromatic rings. The standard InChI is InChI=1S/C30H38N8O2/c1-36(2)27-19-28(40-4)25(18-24(27)33-29(39)10-7-15-38-16-13-31-14-17-38)35-30-32-12-11-23(34-30)22-20-37(3)26-9-6-5-8-21(22)26/h5-12,18-20,30-31,34-35H,13-17H2,1-4H3,(H,33,39)/b10-7+. The molecule has 5 rings (SSSR count). The van der Waals surface area contributed by atoms with Gasteiger partial charge in [0.15, 0.2) is 6.29 Å². The summed E-state index contributed by atoms with van der Waals surface area (Å²) >= 11 is 0. The van der Waals surface area contributed by atoms with Crippen LogP contribution in [0.25, 0.3) is 16.6 Å². The number of fused-ring (bicyclic) bond motifs is 1. The van der Waals surface area contributed by atoms with Gasteiger partial charge >= 0.3 is 0 Å². The molecule has 0 saturated carbocycles. The first-order chi connectivity index (χ1) is 19.4. The summed E-state index contributed by atoms with van der Waals surface area (Å²) in [6.45, 7) is 4.68. The maximum absolute atomic E-state index is 12.8. The highest BCUT2D eigenvalue weighted by Crippen LogP contribution is 2.37. The van der Waals surface area contributed by atoms with E-state index in [0.29, 0.717) is 17.1 Å². The largest absolute Gasteiger partial charge is 0.495 e. The Hall–Kier alpha value is -4.28. The second-order valence-electron chi connectivity index (χ2n) is 10.1. The molecule has 3 heterocycles. The number of aryl methyl sites for hydroxylation is 1. The Bertz CT molecular complexity index is 1450. The monoisotopic (exact) mass is 542 g/mol. The molecule has 40 heavy (non-hydrogen) atoms. The van der Waals surface area contributed by atoms with E-state index >= 15 is 0 Å². The van der Waals surface area contributed by atoms with Crippen molar-refractivity contribution >= 4 is 45.8 Å². The van der Waals surface area contributed by atoms with Crippen molar-refractivity contribution < 1.29 is 9.53 Å². The fourth-order valence-electron chi connectivity index (χ4n) is 5.08. The predicted octanol–water partition coefficient (Wildman–Crippen LogP) is 3.06. The number of methoxy groups -OCH3 is 1. The lowest BCUT2D eigenvalue weighted by atomic mass is 10.1. The van der Waals surface area contributed by atoms with E-state index in [1.807, 2.05) is 62.5 Å². The van der Waals surface area contributed by atoms with E-state index in [2.05, 4.69) is 54.1 Å². The minimum atomic E-state index is -0.430. The van der Waals surface area contributed by atoms with Crippen molar-refractivity contribution in [3.8, 4) is 5.75 Å². The molecule has 1 unspecified atom stereocenters. The minimum absolute atomic E-state index is 0.177. The van der Waals surface area contributed by atoms with Crippen molar-refractivity contribution in [1.29, 1.82) is 0 Å². The van der Waals surface area contributed by atoms with Gasteiger partial charge in [-0.3, -0.25) is 9.69 Å². The summed E-state index contributed by atoms with van der Waals surface area (Å²) in [6, 6.07) is 12.1. The summed E-state index contributed by atoms with van der Waals surface area (Å²) in [4.78, 5) is 21.7. The van der Waals surface area contributed by atoms with Gasteiger partial charge in [-0.2, -0.15) is 0 Å². The number of carbonyl (C=O) groups excluding carboxylic acids is 1. The lowest BCUT2D eigenvalue weighted by Crippen LogP contribution is -2.43. The topological polar surface area (TPSA) is 98.2 Å². The molecule has 10 heteroatoms. The first-order valence-electron chi connectivity index (χ1n) is 13.5. The van der Waals surface area contributed by atoms with Gasteiger partial charge in [-0.05, 0) is 18.2 Å². The van der Waals surface area contributed by atoms with Crippen LogP contribution in [0.4, 0.5) is 17.1 Å². The van der Waals surface area contributed by atoms with Crippen LogP contribution in [-0.4, -0.2) is 81.8 Å². The van der Waals surface area contributed by atoms with Crippen LogP contribution in [0.5, 0.6) is 5.75 Å². The van der Waals surface area contributed by atoms with Crippen LogP contribution < -0.4 is 30.9 Å². The molecule has 1 fully saturated rings. The minimum Gasteiger partial charge on any atom is -0.495 e. The third kappa shape index (κ3) is 6.13. The van der Waals surface area contributed by atoms with Crippen LogP contribution in [0.3, 0.4) is 0 Å². The number of hydrogen-bond acceptors (Lipinski definition) is 8. The average molecular weight is 543 g/mol. The van der Waals surface area contributed by atoms with Gasteiger partial charge in [-0.25, -0.2) is 4.99 Å². The van der Waals surface area contributed by atoms with Crippen molar-refractivity contribution in [2.45, 2.75) is 6.29 Å². The van der Waals surface area contributed by atoms with Crippen molar-refractivity contribution in [3.63, 3.8) is 0 Å². The SMILES string of the molecule is COc1cc(N(C)C)c(NC(=O)/C=C/CN2CCNCC2)cc1NC1N=CC=C(c2cn(C)c3ccccc23)N1. The quantitative estimate of drug-likeness (QED) is 0.309. The Morgan fingerprint density at radius 2 is 2.00 bits per heavy atom. The summed E-state index contributed by atoms with van der Waals surface area (Å²) in [5.41, 5.74) is 5.46. The number of para-hydroxylation sites is 1. The Morgan fingerprint density at radius 1 is 1.20 bits per heavy atom. The molecule has 1 aromatic heterocycles. The van der Waals surface area contributed by atoms with Crippen molar-refractivity contribution in [2.75, 3.05) is 69.5 Å². The number of allylic oxidation sites excluding steroid dienone is 1. The zero-order chi connectivity index (χ0) is 28.1. The van der Waals surface area contributed by atoms with Gasteiger partial charge < -0.3 is 35.5 Å². The van der Waals surface area contributed by atoms with Crippen molar-refractivity contribution in [1.82, 2.24) is 20.1 Å². The van der Waals surface area contributed by atoms with Gasteiger partial charge in [0, 0.05) is 101 Å². The van der Waals surface area contributed by atoms with Crippen LogP contribution in [0, 0.1) is 0 Å². The lowest BCUT2D eigenvalue weighted by Gasteiger charge is -2.26. The molecule has 0 radical (unpaired) electrons. The van der Waals surface area contributed by atoms with Crippen LogP contribution >= 0.6 is 0 Å². The van der Waals surface area contributed by atoms with Crippen LogP contribution in [0.1, 0.15) is 5.56 Å². The highest BCUT2D eigenvalue weighted by atomic mass is 16.5. The third-order valence-corrected chi connectivity index (χ3v) is 7.15. The molecule has 1 atom stereocenters. The average Bonchev–Trinajstić information content (AvgIpc) is 3.30. The molecule has 2 aliphatic rings. The predicted molar refractivity (Wildman–Crippen MR) is 164 cm³/mol. The molecule has 4 N–H and O–H groups in total. The smallest absolute Gasteiger partial charge is 0.248 e. The highest BCUT2D eigenvalue weighted by molar-refractivity contribution is 6.02. The lowest BCUT2D eigenvalue weighted by molar-refractivity contribution is -0.111. The second kappa shape index (κ2) is 12.3. The number of benzene rings is 2. The van der Waals surface area contributed by atoms with E-state index in [-0.39, 0.29) is 5.91 Å². The summed E-state index contributed by atoms with van der Waals surface area (Å²) in [7, 11) is 7.56. The molecule has 2 aliphatic heterocycles. The number of rotatable bonds is 9. The van der Waals surface area contributed by atoms with Gasteiger partial charge in [-0.1, -0.05) is 24.3 Å². The van der Waals surface area contributed by atoms with Gasteiger partial charge in [0.25, 0.3) is 0 Å². The van der Waals surface area contributed by atoms with Crippen LogP contribution in [0.2, 0.25) is 0 Å². The first kappa shape index (κ1) is 27.3. The Labute approximate surface area is 235 Å². The number of nitrogens with zero attached hydrogens (tertiary/aromatic N) is 4. The zero-order valence-corrected chi connectivity index (χ0v) is 23.6. The molecule has 1 amide bonds. The fourth-order valence-corrected chi connectivity index (χ4v) is 5.08. The molecular formula is C30H38N8O2. The number of carbonyl (C=O) groups is 1. The summed E-state index contributed by atoms with van der Waals surface area (Å²) in [6.07, 6.45) is 8.99. The first-order valence-corrected chi connectivity index (χ1v) is 13.5.